The van der Waals surface area contributed by atoms with Crippen LogP contribution in [0.3, 0.4) is 0 Å². The molecule has 0 saturated carbocycles. The largest absolute Gasteiger partial charge is 0.364 e. The Morgan fingerprint density at radius 3 is 1.12 bits per heavy atom. The number of halogens is 3. The molecule has 3 aromatic rings. The molecule has 0 nitrogen and oxygen atoms in total. The van der Waals surface area contributed by atoms with Gasteiger partial charge in [-0.1, -0.05) is 61.7 Å². The van der Waals surface area contributed by atoms with Gasteiger partial charge in [0.2, 0.25) is 5.85 Å². The third kappa shape index (κ3) is 3.24. The van der Waals surface area contributed by atoms with Gasteiger partial charge in [-0.05, 0) is 36.4 Å². The highest BCUT2D eigenvalue weighted by Gasteiger charge is 2.45. The molecule has 5 heteroatoms. The highest BCUT2D eigenvalue weighted by Crippen LogP contribution is 2.60. The van der Waals surface area contributed by atoms with E-state index in [1.807, 2.05) is 54.6 Å². The first-order chi connectivity index (χ1) is 11.7. The van der Waals surface area contributed by atoms with Crippen LogP contribution < -0.4 is 15.9 Å². The SMILES string of the molecule is Cl[B-](C(Cl)Cl)[P+](c1ccccc1)(c1ccccc1)c1ccccc1. The number of benzene rings is 3. The van der Waals surface area contributed by atoms with Crippen molar-refractivity contribution in [2.24, 2.45) is 0 Å². The number of alkyl halides is 2. The van der Waals surface area contributed by atoms with Gasteiger partial charge in [-0.15, -0.1) is 23.2 Å². The molecule has 0 aliphatic heterocycles. The topological polar surface area (TPSA) is 0 Å². The molecule has 0 fully saturated rings. The van der Waals surface area contributed by atoms with Crippen molar-refractivity contribution >= 4 is 63.6 Å². The minimum absolute atomic E-state index is 0.423. The van der Waals surface area contributed by atoms with E-state index in [2.05, 4.69) is 36.4 Å². The number of hydrogen-bond donors (Lipinski definition) is 0. The molecule has 24 heavy (non-hydrogen) atoms. The first-order valence-corrected chi connectivity index (χ1v) is 10.8. The van der Waals surface area contributed by atoms with Gasteiger partial charge in [0.25, 0.3) is 0 Å². The number of rotatable bonds is 5. The Kier molecular flexibility index (Phi) is 5.90. The molecule has 1 radical (unpaired) electrons. The van der Waals surface area contributed by atoms with Gasteiger partial charge in [0, 0.05) is 4.74 Å². The molecule has 3 rings (SSSR count). The summed E-state index contributed by atoms with van der Waals surface area (Å²) in [6, 6.07) is 31.0. The Morgan fingerprint density at radius 2 is 0.875 bits per heavy atom. The lowest BCUT2D eigenvalue weighted by Crippen LogP contribution is -2.41. The van der Waals surface area contributed by atoms with E-state index in [0.717, 1.165) is 0 Å². The minimum atomic E-state index is -2.20. The Bertz CT molecular complexity index is 670. The summed E-state index contributed by atoms with van der Waals surface area (Å²) >= 11 is 19.6. The molecule has 0 spiro atoms. The molecule has 121 valence electrons. The summed E-state index contributed by atoms with van der Waals surface area (Å²) in [4.78, 5) is 0. The molecule has 0 aliphatic rings. The van der Waals surface area contributed by atoms with E-state index < -0.39 is 17.7 Å². The fourth-order valence-electron chi connectivity index (χ4n) is 3.03. The van der Waals surface area contributed by atoms with Gasteiger partial charge in [-0.25, -0.2) is 0 Å². The maximum atomic E-state index is 6.93. The van der Waals surface area contributed by atoms with Crippen molar-refractivity contribution in [1.29, 1.82) is 0 Å². The zero-order chi connectivity index (χ0) is 17.0. The summed E-state index contributed by atoms with van der Waals surface area (Å²) in [5.41, 5.74) is 0. The molecule has 0 aliphatic carbocycles. The summed E-state index contributed by atoms with van der Waals surface area (Å²) < 4.78 is -0.680. The van der Waals surface area contributed by atoms with Crippen LogP contribution in [0.15, 0.2) is 91.0 Å². The van der Waals surface area contributed by atoms with Crippen molar-refractivity contribution in [3.05, 3.63) is 91.0 Å². The summed E-state index contributed by atoms with van der Waals surface area (Å²) in [6.45, 7) is 0. The van der Waals surface area contributed by atoms with E-state index in [1.165, 1.54) is 15.9 Å². The summed E-state index contributed by atoms with van der Waals surface area (Å²) in [6.07, 6.45) is 0. The van der Waals surface area contributed by atoms with Gasteiger partial charge in [0.05, 0.1) is 15.9 Å². The van der Waals surface area contributed by atoms with E-state index >= 15 is 0 Å². The van der Waals surface area contributed by atoms with E-state index in [-0.39, 0.29) is 0 Å². The molecule has 0 heterocycles. The zero-order valence-electron chi connectivity index (χ0n) is 12.9. The lowest BCUT2D eigenvalue weighted by atomic mass is 10.2. The van der Waals surface area contributed by atoms with Crippen LogP contribution in [0, 0.1) is 0 Å². The summed E-state index contributed by atoms with van der Waals surface area (Å²) in [5, 5.41) is 3.52. The van der Waals surface area contributed by atoms with Crippen LogP contribution in [0.5, 0.6) is 0 Å². The molecule has 0 unspecified atom stereocenters. The Hall–Kier alpha value is -0.975. The fourth-order valence-corrected chi connectivity index (χ4v) is 9.08. The van der Waals surface area contributed by atoms with E-state index in [0.29, 0.717) is 0 Å². The molecular formula is C19H16BCl3P. The predicted molar refractivity (Wildman–Crippen MR) is 112 cm³/mol. The predicted octanol–water partition coefficient (Wildman–Crippen LogP) is 5.05. The second-order valence-corrected chi connectivity index (χ2v) is 10.9. The first kappa shape index (κ1) is 17.8. The van der Waals surface area contributed by atoms with Crippen molar-refractivity contribution in [2.45, 2.75) is 4.74 Å². The molecule has 0 N–H and O–H groups in total. The molecule has 0 amide bonds. The maximum absolute atomic E-state index is 6.93. The smallest absolute Gasteiger partial charge is 0.218 e. The monoisotopic (exact) mass is 391 g/mol. The van der Waals surface area contributed by atoms with Crippen molar-refractivity contribution in [1.82, 2.24) is 0 Å². The van der Waals surface area contributed by atoms with Crippen LogP contribution in [0.4, 0.5) is 0 Å². The Morgan fingerprint density at radius 1 is 0.583 bits per heavy atom. The lowest BCUT2D eigenvalue weighted by Gasteiger charge is -2.40. The van der Waals surface area contributed by atoms with Gasteiger partial charge < -0.3 is 11.5 Å². The van der Waals surface area contributed by atoms with Gasteiger partial charge in [0.15, 0.2) is 0 Å². The second-order valence-electron chi connectivity index (χ2n) is 5.44. The highest BCUT2D eigenvalue weighted by atomic mass is 35.5. The summed E-state index contributed by atoms with van der Waals surface area (Å²) in [7, 11) is -2.20. The Labute approximate surface area is 159 Å². The van der Waals surface area contributed by atoms with Crippen LogP contribution in [0.25, 0.3) is 0 Å². The third-order valence-electron chi connectivity index (χ3n) is 4.07. The molecule has 0 aromatic heterocycles. The maximum Gasteiger partial charge on any atom is 0.218 e. The average Bonchev–Trinajstić information content (AvgIpc) is 2.65. The third-order valence-corrected chi connectivity index (χ3v) is 10.7. The van der Waals surface area contributed by atoms with E-state index in [9.17, 15) is 0 Å². The van der Waals surface area contributed by atoms with Crippen molar-refractivity contribution in [3.63, 3.8) is 0 Å². The highest BCUT2D eigenvalue weighted by molar-refractivity contribution is 8.23. The number of hydrogen-bond acceptors (Lipinski definition) is 0. The fraction of sp³-hybridized carbons (Fsp3) is 0.0526. The van der Waals surface area contributed by atoms with Crippen molar-refractivity contribution in [2.75, 3.05) is 0 Å². The van der Waals surface area contributed by atoms with Gasteiger partial charge in [0.1, 0.15) is 0 Å². The van der Waals surface area contributed by atoms with Crippen molar-refractivity contribution in [3.8, 4) is 0 Å². The van der Waals surface area contributed by atoms with E-state index in [1.54, 1.807) is 0 Å². The van der Waals surface area contributed by atoms with Crippen LogP contribution in [0.1, 0.15) is 0 Å². The molecule has 3 aromatic carbocycles. The van der Waals surface area contributed by atoms with Crippen LogP contribution in [-0.2, 0) is 0 Å². The minimum Gasteiger partial charge on any atom is -0.364 e. The van der Waals surface area contributed by atoms with Crippen LogP contribution in [0.2, 0.25) is 0 Å². The molecule has 0 atom stereocenters. The van der Waals surface area contributed by atoms with E-state index in [4.69, 9.17) is 34.7 Å². The first-order valence-electron chi connectivity index (χ1n) is 7.65. The Balaban J connectivity index is 2.37. The van der Waals surface area contributed by atoms with Gasteiger partial charge in [-0.3, -0.25) is 0 Å². The standard InChI is InChI=1S/C19H16BCl3P/c21-19(22)20(23)24(16-10-4-1-5-11-16,17-12-6-2-7-13-17)18-14-8-3-9-15-18/h1-15,19H. The zero-order valence-corrected chi connectivity index (χ0v) is 16.1. The summed E-state index contributed by atoms with van der Waals surface area (Å²) in [5.74, 6) is -0.423. The molecular weight excluding hydrogens is 376 g/mol. The van der Waals surface area contributed by atoms with Crippen LogP contribution >= 0.6 is 41.8 Å². The second kappa shape index (κ2) is 7.94. The van der Waals surface area contributed by atoms with Gasteiger partial charge >= 0.3 is 0 Å². The van der Waals surface area contributed by atoms with Crippen molar-refractivity contribution < 1.29 is 0 Å². The molecule has 0 bridgehead atoms. The van der Waals surface area contributed by atoms with Crippen LogP contribution in [-0.4, -0.2) is 10.6 Å². The lowest BCUT2D eigenvalue weighted by molar-refractivity contribution is 1.73. The quantitative estimate of drug-likeness (QED) is 0.324. The normalized spacial score (nSPS) is 11.9. The van der Waals surface area contributed by atoms with Gasteiger partial charge in [-0.2, -0.15) is 0 Å². The molecule has 0 saturated heterocycles. The average molecular weight is 392 g/mol.